The monoisotopic (exact) mass is 286 g/mol. The van der Waals surface area contributed by atoms with E-state index in [9.17, 15) is 18.0 Å². The summed E-state index contributed by atoms with van der Waals surface area (Å²) >= 11 is 0. The van der Waals surface area contributed by atoms with Gasteiger partial charge in [0.05, 0.1) is 16.1 Å². The molecule has 1 aromatic rings. The molecule has 1 aliphatic rings. The molecule has 8 nitrogen and oxygen atoms in total. The van der Waals surface area contributed by atoms with E-state index in [0.29, 0.717) is 0 Å². The standard InChI is InChI=1S/C8H5NO5S.Na.2H2O/c10-7-5-3-4(15(12,13)14)1-2-6(5)9-8(7)11;;;/h1-3H,(H,9,10,11)(H,12,13,14);;2*1H2. The number of hydrogen-bond acceptors (Lipinski definition) is 4. The Hall–Kier alpha value is -0.810. The van der Waals surface area contributed by atoms with Crippen LogP contribution < -0.4 is 5.32 Å². The zero-order valence-electron chi connectivity index (χ0n) is 9.22. The van der Waals surface area contributed by atoms with Gasteiger partial charge in [0.25, 0.3) is 21.8 Å². The number of hydrogen-bond donors (Lipinski definition) is 2. The Morgan fingerprint density at radius 3 is 2.17 bits per heavy atom. The van der Waals surface area contributed by atoms with Crippen LogP contribution in [0, 0.1) is 0 Å². The van der Waals surface area contributed by atoms with Crippen LogP contribution >= 0.6 is 0 Å². The van der Waals surface area contributed by atoms with Gasteiger partial charge in [0.15, 0.2) is 0 Å². The van der Waals surface area contributed by atoms with Gasteiger partial charge in [-0.1, -0.05) is 0 Å². The van der Waals surface area contributed by atoms with Crippen LogP contribution in [0.25, 0.3) is 0 Å². The van der Waals surface area contributed by atoms with Crippen LogP contribution in [-0.2, 0) is 14.9 Å². The molecule has 0 saturated heterocycles. The molecule has 0 saturated carbocycles. The maximum atomic E-state index is 11.2. The average Bonchev–Trinajstić information content (AvgIpc) is 2.41. The van der Waals surface area contributed by atoms with E-state index in [1.807, 2.05) is 0 Å². The molecule has 0 unspecified atom stereocenters. The molecule has 0 atom stereocenters. The van der Waals surface area contributed by atoms with E-state index in [0.717, 1.165) is 12.1 Å². The zero-order valence-corrected chi connectivity index (χ0v) is 12.0. The molecule has 6 N–H and O–H groups in total. The third kappa shape index (κ3) is 3.36. The van der Waals surface area contributed by atoms with E-state index in [2.05, 4.69) is 5.32 Å². The van der Waals surface area contributed by atoms with E-state index in [4.69, 9.17) is 4.55 Å². The fourth-order valence-electron chi connectivity index (χ4n) is 1.28. The van der Waals surface area contributed by atoms with E-state index in [-0.39, 0.29) is 51.8 Å². The summed E-state index contributed by atoms with van der Waals surface area (Å²) in [6.07, 6.45) is 0. The molecule has 0 spiro atoms. The molecule has 18 heavy (non-hydrogen) atoms. The van der Waals surface area contributed by atoms with Gasteiger partial charge in [0.2, 0.25) is 0 Å². The first-order valence-electron chi connectivity index (χ1n) is 3.87. The van der Waals surface area contributed by atoms with Crippen molar-refractivity contribution >= 4 is 57.1 Å². The first-order chi connectivity index (χ1) is 6.89. The number of benzene rings is 1. The van der Waals surface area contributed by atoms with Crippen LogP contribution in [0.15, 0.2) is 23.1 Å². The minimum absolute atomic E-state index is 0. The van der Waals surface area contributed by atoms with Gasteiger partial charge < -0.3 is 16.3 Å². The van der Waals surface area contributed by atoms with Crippen LogP contribution in [0.4, 0.5) is 5.69 Å². The Kier molecular flexibility index (Phi) is 6.93. The molecule has 10 heteroatoms. The van der Waals surface area contributed by atoms with Gasteiger partial charge >= 0.3 is 0 Å². The van der Waals surface area contributed by atoms with E-state index in [1.165, 1.54) is 6.07 Å². The molecular weight excluding hydrogens is 277 g/mol. The van der Waals surface area contributed by atoms with Crippen LogP contribution in [0.2, 0.25) is 0 Å². The maximum absolute atomic E-state index is 11.2. The van der Waals surface area contributed by atoms with Crippen molar-refractivity contribution in [3.05, 3.63) is 23.8 Å². The fourth-order valence-corrected chi connectivity index (χ4v) is 1.79. The van der Waals surface area contributed by atoms with Crippen molar-refractivity contribution in [1.29, 1.82) is 0 Å². The van der Waals surface area contributed by atoms with Crippen molar-refractivity contribution in [2.24, 2.45) is 0 Å². The van der Waals surface area contributed by atoms with Gasteiger partial charge in [-0.15, -0.1) is 0 Å². The average molecular weight is 286 g/mol. The minimum atomic E-state index is -4.36. The summed E-state index contributed by atoms with van der Waals surface area (Å²) in [5.41, 5.74) is 0.201. The summed E-state index contributed by atoms with van der Waals surface area (Å²) in [5.74, 6) is -1.62. The van der Waals surface area contributed by atoms with Gasteiger partial charge in [-0.25, -0.2) is 0 Å². The number of fused-ring (bicyclic) bond motifs is 1. The number of anilines is 1. The Bertz CT molecular complexity index is 583. The molecule has 1 amide bonds. The van der Waals surface area contributed by atoms with Crippen LogP contribution in [-0.4, -0.2) is 65.2 Å². The topological polar surface area (TPSA) is 164 Å². The smallest absolute Gasteiger partial charge is 0.296 e. The Labute approximate surface area is 124 Å². The summed E-state index contributed by atoms with van der Waals surface area (Å²) in [5, 5.41) is 2.26. The summed E-state index contributed by atoms with van der Waals surface area (Å²) in [6.45, 7) is 0. The third-order valence-corrected chi connectivity index (χ3v) is 2.84. The normalized spacial score (nSPS) is 12.5. The molecule has 1 heterocycles. The second-order valence-electron chi connectivity index (χ2n) is 2.97. The molecule has 1 aliphatic heterocycles. The summed E-state index contributed by atoms with van der Waals surface area (Å²) in [4.78, 5) is 21.7. The Morgan fingerprint density at radius 2 is 1.67 bits per heavy atom. The number of rotatable bonds is 1. The quantitative estimate of drug-likeness (QED) is 0.347. The summed E-state index contributed by atoms with van der Waals surface area (Å²) in [7, 11) is -4.36. The van der Waals surface area contributed by atoms with Crippen molar-refractivity contribution in [1.82, 2.24) is 0 Å². The molecular formula is C8H9NNaO7S. The SMILES string of the molecule is O.O.O=C1Nc2ccc(S(=O)(=O)O)cc2C1=O.[Na]. The Morgan fingerprint density at radius 1 is 1.11 bits per heavy atom. The van der Waals surface area contributed by atoms with Gasteiger partial charge in [0, 0.05) is 29.6 Å². The molecule has 1 aromatic carbocycles. The largest absolute Gasteiger partial charge is 0.412 e. The van der Waals surface area contributed by atoms with Crippen molar-refractivity contribution < 1.29 is 33.5 Å². The first kappa shape index (κ1) is 19.5. The van der Waals surface area contributed by atoms with Crippen molar-refractivity contribution in [2.45, 2.75) is 4.90 Å². The van der Waals surface area contributed by atoms with Crippen molar-refractivity contribution in [2.75, 3.05) is 5.32 Å². The summed E-state index contributed by atoms with van der Waals surface area (Å²) in [6, 6.07) is 3.32. The van der Waals surface area contributed by atoms with Crippen LogP contribution in [0.5, 0.6) is 0 Å². The minimum Gasteiger partial charge on any atom is -0.412 e. The van der Waals surface area contributed by atoms with Gasteiger partial charge in [-0.05, 0) is 18.2 Å². The first-order valence-corrected chi connectivity index (χ1v) is 5.31. The Balaban J connectivity index is 0. The number of carbonyl (C=O) groups is 2. The van der Waals surface area contributed by atoms with E-state index < -0.39 is 26.7 Å². The molecule has 0 aliphatic carbocycles. The number of Topliss-reactive ketones (excluding diaryl/α,β-unsaturated/α-hetero) is 1. The molecule has 0 fully saturated rings. The van der Waals surface area contributed by atoms with Gasteiger partial charge in [-0.3, -0.25) is 14.1 Å². The van der Waals surface area contributed by atoms with Crippen molar-refractivity contribution in [3.63, 3.8) is 0 Å². The predicted octanol–water partition coefficient (Wildman–Crippen LogP) is -1.96. The number of ketones is 1. The number of carbonyl (C=O) groups excluding carboxylic acids is 2. The van der Waals surface area contributed by atoms with E-state index >= 15 is 0 Å². The predicted molar refractivity (Wildman–Crippen MR) is 62.2 cm³/mol. The molecule has 2 rings (SSSR count). The number of amides is 1. The molecule has 0 aromatic heterocycles. The second-order valence-corrected chi connectivity index (χ2v) is 4.39. The maximum Gasteiger partial charge on any atom is 0.296 e. The third-order valence-electron chi connectivity index (χ3n) is 1.99. The summed E-state index contributed by atoms with van der Waals surface area (Å²) < 4.78 is 30.2. The second kappa shape index (κ2) is 6.38. The van der Waals surface area contributed by atoms with Gasteiger partial charge in [-0.2, -0.15) is 8.42 Å². The van der Waals surface area contributed by atoms with Gasteiger partial charge in [0.1, 0.15) is 0 Å². The molecule has 1 radical (unpaired) electrons. The van der Waals surface area contributed by atoms with Crippen LogP contribution in [0.1, 0.15) is 10.4 Å². The molecule has 0 bridgehead atoms. The van der Waals surface area contributed by atoms with E-state index in [1.54, 1.807) is 0 Å². The number of nitrogens with one attached hydrogen (secondary N) is 1. The fraction of sp³-hybridized carbons (Fsp3) is 0. The van der Waals surface area contributed by atoms with Crippen molar-refractivity contribution in [3.8, 4) is 0 Å². The van der Waals surface area contributed by atoms with Crippen LogP contribution in [0.3, 0.4) is 0 Å². The zero-order chi connectivity index (χ0) is 11.2. The molecule has 95 valence electrons.